The van der Waals surface area contributed by atoms with E-state index < -0.39 is 5.79 Å². The van der Waals surface area contributed by atoms with Gasteiger partial charge in [-0.2, -0.15) is 0 Å². The first kappa shape index (κ1) is 12.9. The minimum Gasteiger partial charge on any atom is -0.516 e. The third-order valence-electron chi connectivity index (χ3n) is 3.90. The fourth-order valence-electron chi connectivity index (χ4n) is 3.21. The highest BCUT2D eigenvalue weighted by Crippen LogP contribution is 2.42. The Bertz CT molecular complexity index is 327. The smallest absolute Gasteiger partial charge is 0.163 e. The molecule has 0 bridgehead atoms. The molecule has 0 aliphatic carbocycles. The summed E-state index contributed by atoms with van der Waals surface area (Å²) in [6.07, 6.45) is 2.32. The van der Waals surface area contributed by atoms with E-state index in [9.17, 15) is 5.11 Å². The molecule has 4 atom stereocenters. The molecule has 4 unspecified atom stereocenters. The van der Waals surface area contributed by atoms with Crippen molar-refractivity contribution in [3.63, 3.8) is 0 Å². The van der Waals surface area contributed by atoms with Crippen molar-refractivity contribution in [1.82, 2.24) is 4.90 Å². The molecule has 98 valence electrons. The molecule has 0 spiro atoms. The monoisotopic (exact) mass is 241 g/mol. The van der Waals surface area contributed by atoms with Crippen LogP contribution in [0.25, 0.3) is 0 Å². The lowest BCUT2D eigenvalue weighted by atomic mass is 10.0. The highest BCUT2D eigenvalue weighted by molar-refractivity contribution is 5.18. The van der Waals surface area contributed by atoms with Crippen molar-refractivity contribution in [2.24, 2.45) is 0 Å². The third kappa shape index (κ3) is 1.98. The predicted octanol–water partition coefficient (Wildman–Crippen LogP) is 2.06. The maximum absolute atomic E-state index is 9.24. The zero-order valence-electron chi connectivity index (χ0n) is 11.3. The number of fused-ring (bicyclic) bond motifs is 1. The number of rotatable bonds is 2. The van der Waals surface area contributed by atoms with Crippen molar-refractivity contribution in [3.8, 4) is 0 Å². The highest BCUT2D eigenvalue weighted by Gasteiger charge is 2.56. The second kappa shape index (κ2) is 4.26. The van der Waals surface area contributed by atoms with Gasteiger partial charge < -0.3 is 14.6 Å². The van der Waals surface area contributed by atoms with E-state index in [0.29, 0.717) is 6.04 Å². The topological polar surface area (TPSA) is 41.9 Å². The summed E-state index contributed by atoms with van der Waals surface area (Å²) < 4.78 is 12.0. The lowest BCUT2D eigenvalue weighted by molar-refractivity contribution is -0.164. The van der Waals surface area contributed by atoms with E-state index in [4.69, 9.17) is 9.47 Å². The second-order valence-corrected chi connectivity index (χ2v) is 5.52. The molecule has 2 heterocycles. The Morgan fingerprint density at radius 2 is 1.94 bits per heavy atom. The van der Waals surface area contributed by atoms with E-state index in [-0.39, 0.29) is 18.2 Å². The van der Waals surface area contributed by atoms with Crippen molar-refractivity contribution in [3.05, 3.63) is 11.8 Å². The Morgan fingerprint density at radius 1 is 1.35 bits per heavy atom. The largest absolute Gasteiger partial charge is 0.516 e. The van der Waals surface area contributed by atoms with Crippen molar-refractivity contribution in [2.75, 3.05) is 7.05 Å². The van der Waals surface area contributed by atoms with Crippen LogP contribution < -0.4 is 0 Å². The summed E-state index contributed by atoms with van der Waals surface area (Å²) in [6, 6.07) is 0.457. The molecule has 17 heavy (non-hydrogen) atoms. The summed E-state index contributed by atoms with van der Waals surface area (Å²) in [5.74, 6) is -0.516. The van der Waals surface area contributed by atoms with E-state index in [1.807, 2.05) is 20.8 Å². The summed E-state index contributed by atoms with van der Waals surface area (Å²) >= 11 is 0. The van der Waals surface area contributed by atoms with Crippen LogP contribution in [0.4, 0.5) is 0 Å². The number of nitrogens with zero attached hydrogens (tertiary/aromatic N) is 1. The van der Waals surface area contributed by atoms with Crippen LogP contribution in [0.5, 0.6) is 0 Å². The molecule has 2 rings (SSSR count). The zero-order chi connectivity index (χ0) is 12.8. The van der Waals surface area contributed by atoms with Gasteiger partial charge in [0.25, 0.3) is 0 Å². The second-order valence-electron chi connectivity index (χ2n) is 5.52. The molecule has 1 N–H and O–H groups in total. The van der Waals surface area contributed by atoms with Gasteiger partial charge in [0.15, 0.2) is 5.79 Å². The number of hydrogen-bond acceptors (Lipinski definition) is 4. The van der Waals surface area contributed by atoms with Gasteiger partial charge in [-0.1, -0.05) is 6.92 Å². The molecule has 0 saturated carbocycles. The Kier molecular flexibility index (Phi) is 3.23. The Hall–Kier alpha value is -0.580. The van der Waals surface area contributed by atoms with E-state index >= 15 is 0 Å². The molecule has 4 heteroatoms. The Labute approximate surface area is 103 Å². The molecule has 0 amide bonds. The van der Waals surface area contributed by atoms with Crippen molar-refractivity contribution in [1.29, 1.82) is 0 Å². The average molecular weight is 241 g/mol. The fourth-order valence-corrected chi connectivity index (χ4v) is 3.21. The zero-order valence-corrected chi connectivity index (χ0v) is 11.3. The standard InChI is InChI=1S/C13H23NO3/c1-6-9-11-12(17-13(3,4)16-11)10(14(9)5)8(2)7-15/h7,9-12,15H,6H2,1-5H3/b8-7+. The molecule has 0 aromatic rings. The van der Waals surface area contributed by atoms with Crippen molar-refractivity contribution >= 4 is 0 Å². The van der Waals surface area contributed by atoms with Crippen molar-refractivity contribution < 1.29 is 14.6 Å². The Balaban J connectivity index is 2.29. The number of aliphatic hydroxyl groups is 1. The van der Waals surface area contributed by atoms with E-state index in [0.717, 1.165) is 12.0 Å². The van der Waals surface area contributed by atoms with Gasteiger partial charge in [0.1, 0.15) is 12.2 Å². The first-order chi connectivity index (χ1) is 7.91. The van der Waals surface area contributed by atoms with Crippen LogP contribution in [0.15, 0.2) is 11.8 Å². The van der Waals surface area contributed by atoms with Gasteiger partial charge in [-0.3, -0.25) is 4.90 Å². The number of likely N-dealkylation sites (tertiary alicyclic amines) is 1. The molecule has 0 aromatic heterocycles. The lowest BCUT2D eigenvalue weighted by Gasteiger charge is -2.31. The molecule has 4 nitrogen and oxygen atoms in total. The van der Waals surface area contributed by atoms with E-state index in [2.05, 4.69) is 18.9 Å². The maximum Gasteiger partial charge on any atom is 0.163 e. The van der Waals surface area contributed by atoms with Gasteiger partial charge in [0.05, 0.1) is 12.3 Å². The van der Waals surface area contributed by atoms with Crippen LogP contribution in [0.3, 0.4) is 0 Å². The SMILES string of the molecule is CCC1C2OC(C)(C)OC2C(/C(C)=C/O)N1C. The van der Waals surface area contributed by atoms with Crippen LogP contribution >= 0.6 is 0 Å². The van der Waals surface area contributed by atoms with E-state index in [1.54, 1.807) is 0 Å². The molecular formula is C13H23NO3. The number of hydrogen-bond donors (Lipinski definition) is 1. The number of aliphatic hydroxyl groups excluding tert-OH is 1. The van der Waals surface area contributed by atoms with E-state index in [1.165, 1.54) is 6.26 Å². The van der Waals surface area contributed by atoms with Gasteiger partial charge in [-0.05, 0) is 39.8 Å². The summed E-state index contributed by atoms with van der Waals surface area (Å²) in [4.78, 5) is 2.26. The lowest BCUT2D eigenvalue weighted by Crippen LogP contribution is -2.40. The number of likely N-dealkylation sites (N-methyl/N-ethyl adjacent to an activating group) is 1. The van der Waals surface area contributed by atoms with Crippen LogP contribution in [0, 0.1) is 0 Å². The minimum absolute atomic E-state index is 0.0170. The van der Waals surface area contributed by atoms with Crippen LogP contribution in [-0.2, 0) is 9.47 Å². The summed E-state index contributed by atoms with van der Waals surface area (Å²) in [6.45, 7) is 8.00. The van der Waals surface area contributed by atoms with Gasteiger partial charge in [-0.15, -0.1) is 0 Å². The maximum atomic E-state index is 9.24. The molecular weight excluding hydrogens is 218 g/mol. The minimum atomic E-state index is -0.516. The molecule has 0 aromatic carbocycles. The average Bonchev–Trinajstić information content (AvgIpc) is 2.66. The van der Waals surface area contributed by atoms with Crippen molar-refractivity contribution in [2.45, 2.75) is 64.2 Å². The number of ether oxygens (including phenoxy) is 2. The summed E-state index contributed by atoms with van der Waals surface area (Å²) in [5, 5.41) is 9.24. The highest BCUT2D eigenvalue weighted by atomic mass is 16.8. The predicted molar refractivity (Wildman–Crippen MR) is 65.8 cm³/mol. The van der Waals surface area contributed by atoms with Crippen LogP contribution in [0.1, 0.15) is 34.1 Å². The quantitative estimate of drug-likeness (QED) is 0.751. The third-order valence-corrected chi connectivity index (χ3v) is 3.90. The summed E-state index contributed by atoms with van der Waals surface area (Å²) in [7, 11) is 2.07. The molecule has 0 radical (unpaired) electrons. The summed E-state index contributed by atoms with van der Waals surface area (Å²) in [5.41, 5.74) is 0.930. The van der Waals surface area contributed by atoms with Gasteiger partial charge in [0.2, 0.25) is 0 Å². The Morgan fingerprint density at radius 3 is 2.47 bits per heavy atom. The van der Waals surface area contributed by atoms with Crippen LogP contribution in [0.2, 0.25) is 0 Å². The normalized spacial score (nSPS) is 41.8. The first-order valence-corrected chi connectivity index (χ1v) is 6.29. The molecule has 2 aliphatic rings. The van der Waals surface area contributed by atoms with Crippen LogP contribution in [-0.4, -0.2) is 47.1 Å². The fraction of sp³-hybridized carbons (Fsp3) is 0.846. The van der Waals surface area contributed by atoms with Gasteiger partial charge in [0, 0.05) is 6.04 Å². The molecule has 2 fully saturated rings. The first-order valence-electron chi connectivity index (χ1n) is 6.29. The molecule has 2 aliphatic heterocycles. The molecule has 2 saturated heterocycles. The van der Waals surface area contributed by atoms with Gasteiger partial charge >= 0.3 is 0 Å². The van der Waals surface area contributed by atoms with Gasteiger partial charge in [-0.25, -0.2) is 0 Å².